The highest BCUT2D eigenvalue weighted by Crippen LogP contribution is 2.30. The number of aromatic nitrogens is 1. The van der Waals surface area contributed by atoms with E-state index < -0.39 is 12.3 Å². The Kier molecular flexibility index (Phi) is 3.35. The molecule has 14 heavy (non-hydrogen) atoms. The molecule has 5 heteroatoms. The van der Waals surface area contributed by atoms with Crippen LogP contribution >= 0.6 is 0 Å². The van der Waals surface area contributed by atoms with Gasteiger partial charge in [-0.2, -0.15) is 8.78 Å². The summed E-state index contributed by atoms with van der Waals surface area (Å²) in [7, 11) is 1.38. The van der Waals surface area contributed by atoms with Crippen molar-refractivity contribution >= 4 is 0 Å². The third-order valence-corrected chi connectivity index (χ3v) is 1.77. The smallest absolute Gasteiger partial charge is 0.291 e. The van der Waals surface area contributed by atoms with Gasteiger partial charge in [0.05, 0.1) is 7.11 Å². The van der Waals surface area contributed by atoms with E-state index in [2.05, 4.69) is 4.98 Å². The first kappa shape index (κ1) is 10.8. The summed E-state index contributed by atoms with van der Waals surface area (Å²) in [5, 5.41) is 0. The summed E-state index contributed by atoms with van der Waals surface area (Å²) in [5.41, 5.74) is 4.78. The minimum atomic E-state index is -2.98. The molecule has 0 unspecified atom stereocenters. The number of rotatable bonds is 4. The lowest BCUT2D eigenvalue weighted by Gasteiger charge is -2.14. The SMILES string of the molecule is COc1cccc(C(F)(F)CCN)n1. The molecule has 1 heterocycles. The van der Waals surface area contributed by atoms with Crippen LogP contribution in [-0.2, 0) is 5.92 Å². The molecule has 0 aliphatic heterocycles. The molecular weight excluding hydrogens is 190 g/mol. The molecule has 78 valence electrons. The van der Waals surface area contributed by atoms with E-state index in [9.17, 15) is 8.78 Å². The van der Waals surface area contributed by atoms with E-state index in [1.807, 2.05) is 0 Å². The Bertz CT molecular complexity index is 305. The third kappa shape index (κ3) is 2.38. The quantitative estimate of drug-likeness (QED) is 0.805. The van der Waals surface area contributed by atoms with Crippen molar-refractivity contribution in [1.29, 1.82) is 0 Å². The molecule has 1 aromatic rings. The molecule has 0 fully saturated rings. The van der Waals surface area contributed by atoms with Gasteiger partial charge in [-0.3, -0.25) is 0 Å². The minimum absolute atomic E-state index is 0.0775. The number of hydrogen-bond donors (Lipinski definition) is 1. The van der Waals surface area contributed by atoms with E-state index in [-0.39, 0.29) is 18.1 Å². The van der Waals surface area contributed by atoms with Crippen LogP contribution in [0.3, 0.4) is 0 Å². The summed E-state index contributed by atoms with van der Waals surface area (Å²) in [6.07, 6.45) is -0.410. The zero-order chi connectivity index (χ0) is 10.6. The number of halogens is 2. The average Bonchev–Trinajstić information content (AvgIpc) is 2.18. The Morgan fingerprint density at radius 1 is 1.50 bits per heavy atom. The standard InChI is InChI=1S/C9H12F2N2O/c1-14-8-4-2-3-7(13-8)9(10,11)5-6-12/h2-4H,5-6,12H2,1H3. The van der Waals surface area contributed by atoms with E-state index in [0.29, 0.717) is 0 Å². The first-order chi connectivity index (χ1) is 6.60. The predicted molar refractivity (Wildman–Crippen MR) is 48.4 cm³/mol. The number of pyridine rings is 1. The second kappa shape index (κ2) is 4.32. The fourth-order valence-corrected chi connectivity index (χ4v) is 1.04. The third-order valence-electron chi connectivity index (χ3n) is 1.77. The summed E-state index contributed by atoms with van der Waals surface area (Å²) in [4.78, 5) is 3.65. The second-order valence-electron chi connectivity index (χ2n) is 2.81. The van der Waals surface area contributed by atoms with Gasteiger partial charge in [-0.25, -0.2) is 4.98 Å². The monoisotopic (exact) mass is 202 g/mol. The summed E-state index contributed by atoms with van der Waals surface area (Å²) >= 11 is 0. The summed E-state index contributed by atoms with van der Waals surface area (Å²) in [6, 6.07) is 4.26. The molecule has 0 aliphatic rings. The van der Waals surface area contributed by atoms with Crippen molar-refractivity contribution in [2.45, 2.75) is 12.3 Å². The molecule has 1 aromatic heterocycles. The molecule has 0 saturated carbocycles. The molecule has 3 nitrogen and oxygen atoms in total. The van der Waals surface area contributed by atoms with Crippen LogP contribution in [0.5, 0.6) is 5.88 Å². The van der Waals surface area contributed by atoms with Crippen LogP contribution in [0, 0.1) is 0 Å². The normalized spacial score (nSPS) is 11.4. The highest BCUT2D eigenvalue weighted by Gasteiger charge is 2.32. The van der Waals surface area contributed by atoms with Gasteiger partial charge in [0.2, 0.25) is 5.88 Å². The van der Waals surface area contributed by atoms with Gasteiger partial charge >= 0.3 is 0 Å². The van der Waals surface area contributed by atoms with E-state index in [4.69, 9.17) is 10.5 Å². The molecule has 1 rings (SSSR count). The van der Waals surface area contributed by atoms with Gasteiger partial charge in [0.15, 0.2) is 0 Å². The lowest BCUT2D eigenvalue weighted by Crippen LogP contribution is -2.20. The zero-order valence-corrected chi connectivity index (χ0v) is 7.84. The molecule has 0 aromatic carbocycles. The molecule has 2 N–H and O–H groups in total. The van der Waals surface area contributed by atoms with Gasteiger partial charge in [-0.1, -0.05) is 6.07 Å². The number of ether oxygens (including phenoxy) is 1. The van der Waals surface area contributed by atoms with Crippen LogP contribution < -0.4 is 10.5 Å². The minimum Gasteiger partial charge on any atom is -0.481 e. The van der Waals surface area contributed by atoms with Crippen LogP contribution in [0.2, 0.25) is 0 Å². The summed E-state index contributed by atoms with van der Waals surface area (Å²) in [5.74, 6) is -2.80. The molecule has 0 amide bonds. The van der Waals surface area contributed by atoms with E-state index in [1.54, 1.807) is 0 Å². The summed E-state index contributed by atoms with van der Waals surface area (Å²) < 4.78 is 31.3. The van der Waals surface area contributed by atoms with Crippen molar-refractivity contribution in [2.24, 2.45) is 5.73 Å². The molecule has 0 spiro atoms. The number of methoxy groups -OCH3 is 1. The van der Waals surface area contributed by atoms with Crippen molar-refractivity contribution in [2.75, 3.05) is 13.7 Å². The maximum Gasteiger partial charge on any atom is 0.291 e. The molecule has 0 radical (unpaired) electrons. The van der Waals surface area contributed by atoms with Crippen LogP contribution in [0.1, 0.15) is 12.1 Å². The van der Waals surface area contributed by atoms with Gasteiger partial charge in [0.25, 0.3) is 5.92 Å². The Hall–Kier alpha value is -1.23. The van der Waals surface area contributed by atoms with Gasteiger partial charge in [0, 0.05) is 12.5 Å². The predicted octanol–water partition coefficient (Wildman–Crippen LogP) is 1.53. The Balaban J connectivity index is 2.93. The van der Waals surface area contributed by atoms with Crippen molar-refractivity contribution in [1.82, 2.24) is 4.98 Å². The molecule has 0 aliphatic carbocycles. The topological polar surface area (TPSA) is 48.1 Å². The largest absolute Gasteiger partial charge is 0.481 e. The van der Waals surface area contributed by atoms with Gasteiger partial charge in [-0.05, 0) is 12.6 Å². The van der Waals surface area contributed by atoms with Gasteiger partial charge in [0.1, 0.15) is 5.69 Å². The Labute approximate surface area is 80.9 Å². The van der Waals surface area contributed by atoms with E-state index in [1.165, 1.54) is 25.3 Å². The van der Waals surface area contributed by atoms with E-state index in [0.717, 1.165) is 0 Å². The number of nitrogens with zero attached hydrogens (tertiary/aromatic N) is 1. The number of hydrogen-bond acceptors (Lipinski definition) is 3. The van der Waals surface area contributed by atoms with Crippen molar-refractivity contribution in [3.63, 3.8) is 0 Å². The second-order valence-corrected chi connectivity index (χ2v) is 2.81. The molecular formula is C9H12F2N2O. The van der Waals surface area contributed by atoms with Crippen LogP contribution in [0.15, 0.2) is 18.2 Å². The van der Waals surface area contributed by atoms with Crippen molar-refractivity contribution in [3.8, 4) is 5.88 Å². The molecule has 0 atom stereocenters. The van der Waals surface area contributed by atoms with Crippen LogP contribution in [0.4, 0.5) is 8.78 Å². The maximum absolute atomic E-state index is 13.3. The Morgan fingerprint density at radius 3 is 2.79 bits per heavy atom. The van der Waals surface area contributed by atoms with Crippen molar-refractivity contribution in [3.05, 3.63) is 23.9 Å². The first-order valence-electron chi connectivity index (χ1n) is 4.19. The van der Waals surface area contributed by atoms with Crippen molar-refractivity contribution < 1.29 is 13.5 Å². The lowest BCUT2D eigenvalue weighted by atomic mass is 10.1. The number of nitrogens with two attached hydrogens (primary N) is 1. The van der Waals surface area contributed by atoms with Crippen LogP contribution in [0.25, 0.3) is 0 Å². The molecule has 0 saturated heterocycles. The average molecular weight is 202 g/mol. The Morgan fingerprint density at radius 2 is 2.21 bits per heavy atom. The lowest BCUT2D eigenvalue weighted by molar-refractivity contribution is -0.0155. The van der Waals surface area contributed by atoms with E-state index >= 15 is 0 Å². The summed E-state index contributed by atoms with van der Waals surface area (Å²) in [6.45, 7) is -0.0775. The van der Waals surface area contributed by atoms with Gasteiger partial charge in [-0.15, -0.1) is 0 Å². The highest BCUT2D eigenvalue weighted by molar-refractivity contribution is 5.18. The number of alkyl halides is 2. The van der Waals surface area contributed by atoms with Crippen LogP contribution in [-0.4, -0.2) is 18.6 Å². The fraction of sp³-hybridized carbons (Fsp3) is 0.444. The maximum atomic E-state index is 13.3. The highest BCUT2D eigenvalue weighted by atomic mass is 19.3. The zero-order valence-electron chi connectivity index (χ0n) is 7.84. The fourth-order valence-electron chi connectivity index (χ4n) is 1.04. The first-order valence-corrected chi connectivity index (χ1v) is 4.19. The van der Waals surface area contributed by atoms with Gasteiger partial charge < -0.3 is 10.5 Å². The molecule has 0 bridgehead atoms.